The fraction of sp³-hybridized carbons (Fsp3) is 1.00. The molecule has 0 aromatic heterocycles. The van der Waals surface area contributed by atoms with Crippen LogP contribution < -0.4 is 10.6 Å². The quantitative estimate of drug-likeness (QED) is 0.198. The first-order valence-corrected chi connectivity index (χ1v) is 14.0. The predicted molar refractivity (Wildman–Crippen MR) is 93.6 cm³/mol. The molecular weight excluding hydrogens is 484 g/mol. The second-order valence-corrected chi connectivity index (χ2v) is 11.7. The van der Waals surface area contributed by atoms with Gasteiger partial charge in [0.1, 0.15) is 0 Å². The normalized spacial score (nSPS) is 24.7. The third-order valence-corrected chi connectivity index (χ3v) is 9.02. The molecule has 2 atom stereocenters. The molecule has 21 heteroatoms. The Morgan fingerprint density at radius 3 is 1.38 bits per heavy atom. The first kappa shape index (κ1) is 25.7. The van der Waals surface area contributed by atoms with Gasteiger partial charge in [-0.25, -0.2) is 18.3 Å². The summed E-state index contributed by atoms with van der Waals surface area (Å²) in [6.45, 7) is 2.55. The molecule has 172 valence electrons. The molecule has 2 rings (SSSR count). The predicted octanol–water partition coefficient (Wildman–Crippen LogP) is -0.889. The van der Waals surface area contributed by atoms with Crippen molar-refractivity contribution in [1.82, 2.24) is 20.8 Å². The number of piperazine rings is 2. The molecule has 0 amide bonds. The van der Waals surface area contributed by atoms with Crippen LogP contribution in [0, 0.1) is 0 Å². The third-order valence-electron chi connectivity index (χ3n) is 3.20. The van der Waals surface area contributed by atoms with Crippen LogP contribution in [0.5, 0.6) is 0 Å². The van der Waals surface area contributed by atoms with Crippen molar-refractivity contribution in [3.63, 3.8) is 0 Å². The molecule has 0 aromatic carbocycles. The molecule has 29 heavy (non-hydrogen) atoms. The van der Waals surface area contributed by atoms with Crippen LogP contribution in [0.3, 0.4) is 0 Å². The summed E-state index contributed by atoms with van der Waals surface area (Å²) in [6.07, 6.45) is 0. The Morgan fingerprint density at radius 1 is 0.621 bits per heavy atom. The van der Waals surface area contributed by atoms with Crippen LogP contribution in [0.15, 0.2) is 0 Å². The van der Waals surface area contributed by atoms with Gasteiger partial charge in [-0.2, -0.15) is 32.3 Å². The minimum atomic E-state index is -5.79. The van der Waals surface area contributed by atoms with Crippen molar-refractivity contribution in [1.29, 1.82) is 0 Å². The van der Waals surface area contributed by atoms with Crippen molar-refractivity contribution < 1.29 is 60.0 Å². The largest absolute Gasteiger partial charge is 0.517 e. The smallest absolute Gasteiger partial charge is 0.314 e. The van der Waals surface area contributed by atoms with Crippen molar-refractivity contribution >= 4 is 31.3 Å². The number of hydrogen-bond donors (Lipinski definition) is 6. The third kappa shape index (κ3) is 10.0. The van der Waals surface area contributed by atoms with E-state index < -0.39 is 31.3 Å². The zero-order valence-corrected chi connectivity index (χ0v) is 18.4. The first-order chi connectivity index (χ1) is 13.3. The zero-order valence-electron chi connectivity index (χ0n) is 14.8. The number of rotatable bonds is 10. The summed E-state index contributed by atoms with van der Waals surface area (Å²) < 4.78 is 69.0. The lowest BCUT2D eigenvalue weighted by Gasteiger charge is -2.33. The van der Waals surface area contributed by atoms with E-state index >= 15 is 0 Å². The second kappa shape index (κ2) is 10.3. The second-order valence-electron chi connectivity index (χ2n) is 5.64. The lowest BCUT2D eigenvalue weighted by atomic mass is 10.4. The van der Waals surface area contributed by atoms with Crippen LogP contribution in [0.25, 0.3) is 0 Å². The lowest BCUT2D eigenvalue weighted by Crippen LogP contribution is -2.45. The van der Waals surface area contributed by atoms with E-state index in [9.17, 15) is 28.0 Å². The van der Waals surface area contributed by atoms with Gasteiger partial charge in [-0.15, -0.1) is 0 Å². The fourth-order valence-corrected chi connectivity index (χ4v) is 7.27. The summed E-state index contributed by atoms with van der Waals surface area (Å²) in [4.78, 5) is 36.0. The number of nitrogens with one attached hydrogen (secondary N) is 2. The van der Waals surface area contributed by atoms with E-state index in [0.717, 1.165) is 10.1 Å². The maximum atomic E-state index is 13.0. The van der Waals surface area contributed by atoms with Crippen LogP contribution in [0.1, 0.15) is 0 Å². The molecule has 2 aliphatic heterocycles. The molecule has 0 aromatic rings. The van der Waals surface area contributed by atoms with E-state index in [0.29, 0.717) is 26.2 Å². The Kier molecular flexibility index (Phi) is 9.15. The summed E-state index contributed by atoms with van der Waals surface area (Å²) in [5.74, 6) is 0. The van der Waals surface area contributed by atoms with Crippen molar-refractivity contribution in [2.24, 2.45) is 0 Å². The van der Waals surface area contributed by atoms with Gasteiger partial charge in [0.05, 0.1) is 0 Å². The summed E-state index contributed by atoms with van der Waals surface area (Å²) >= 11 is 0. The molecule has 0 saturated carbocycles. The molecule has 0 radical (unpaired) electrons. The van der Waals surface area contributed by atoms with Crippen LogP contribution in [0.2, 0.25) is 0 Å². The zero-order chi connectivity index (χ0) is 21.8. The van der Waals surface area contributed by atoms with E-state index in [2.05, 4.69) is 23.6 Å². The van der Waals surface area contributed by atoms with Gasteiger partial charge in [0.2, 0.25) is 0 Å². The van der Waals surface area contributed by atoms with Gasteiger partial charge in [-0.05, 0) is 0 Å². The van der Waals surface area contributed by atoms with E-state index in [-0.39, 0.29) is 26.2 Å². The summed E-state index contributed by atoms with van der Waals surface area (Å²) in [6, 6.07) is 0. The summed E-state index contributed by atoms with van der Waals surface area (Å²) in [5, 5.41) is 8.22. The highest BCUT2D eigenvalue weighted by Gasteiger charge is 2.48. The number of phosphoric acid groups is 4. The Balaban J connectivity index is 2.13. The Bertz CT molecular complexity index is 710. The van der Waals surface area contributed by atoms with Crippen LogP contribution >= 0.6 is 31.3 Å². The molecule has 2 heterocycles. The minimum Gasteiger partial charge on any atom is -0.314 e. The van der Waals surface area contributed by atoms with Gasteiger partial charge in [-0.1, -0.05) is 0 Å². The molecule has 0 bridgehead atoms. The van der Waals surface area contributed by atoms with E-state index in [4.69, 9.17) is 19.0 Å². The Labute approximate surface area is 165 Å². The highest BCUT2D eigenvalue weighted by Crippen LogP contribution is 2.72. The van der Waals surface area contributed by atoms with Crippen molar-refractivity contribution in [3.05, 3.63) is 0 Å². The average Bonchev–Trinajstić information content (AvgIpc) is 2.51. The average molecular weight is 506 g/mol. The van der Waals surface area contributed by atoms with Gasteiger partial charge in [0, 0.05) is 52.4 Å². The number of nitrogens with zero attached hydrogens (tertiary/aromatic N) is 2. The molecule has 2 unspecified atom stereocenters. The molecule has 6 N–H and O–H groups in total. The van der Waals surface area contributed by atoms with Gasteiger partial charge >= 0.3 is 31.3 Å². The Morgan fingerprint density at radius 2 is 1.00 bits per heavy atom. The minimum absolute atomic E-state index is 0.203. The van der Waals surface area contributed by atoms with Crippen LogP contribution in [-0.4, -0.2) is 82.1 Å². The molecule has 2 saturated heterocycles. The monoisotopic (exact) mass is 506 g/mol. The van der Waals surface area contributed by atoms with E-state index in [1.54, 1.807) is 0 Å². The maximum absolute atomic E-state index is 13.0. The summed E-state index contributed by atoms with van der Waals surface area (Å²) in [7, 11) is -22.0. The number of hydrogen-bond acceptors (Lipinski definition) is 13. The SMILES string of the molecule is O=P(O)(O)OP(=O)(O)OP(=O)(O)OP(=O)(ON1CCNCC1)ON1CCNCC1. The van der Waals surface area contributed by atoms with Gasteiger partial charge in [0.15, 0.2) is 0 Å². The van der Waals surface area contributed by atoms with Gasteiger partial charge in [-0.3, -0.25) is 0 Å². The van der Waals surface area contributed by atoms with E-state index in [1.807, 2.05) is 0 Å². The molecule has 2 fully saturated rings. The first-order valence-electron chi connectivity index (χ1n) is 8.04. The standard InChI is InChI=1S/C8H22N4O13P4/c13-26(14,15)23-27(16,17)24-28(18,19)25-29(20,21-11-5-1-9-2-6-11)22-12-7-3-10-4-8-12/h9-10H,1-8H2,(H,16,17)(H,18,19)(H2,13,14,15). The lowest BCUT2D eigenvalue weighted by molar-refractivity contribution is -0.145. The van der Waals surface area contributed by atoms with Gasteiger partial charge in [0.25, 0.3) is 0 Å². The maximum Gasteiger partial charge on any atom is 0.517 e. The highest BCUT2D eigenvalue weighted by atomic mass is 31.3. The van der Waals surface area contributed by atoms with Crippen LogP contribution in [0.4, 0.5) is 0 Å². The van der Waals surface area contributed by atoms with E-state index in [1.165, 1.54) is 0 Å². The number of hydroxylamine groups is 4. The highest BCUT2D eigenvalue weighted by molar-refractivity contribution is 7.69. The molecule has 0 aliphatic carbocycles. The fourth-order valence-electron chi connectivity index (χ4n) is 2.20. The topological polar surface area (TPSA) is 226 Å². The van der Waals surface area contributed by atoms with Gasteiger partial charge < -0.3 is 30.2 Å². The van der Waals surface area contributed by atoms with Crippen molar-refractivity contribution in [2.75, 3.05) is 52.4 Å². The molecule has 17 nitrogen and oxygen atoms in total. The molecular formula is C8H22N4O13P4. The van der Waals surface area contributed by atoms with Crippen molar-refractivity contribution in [3.8, 4) is 0 Å². The summed E-state index contributed by atoms with van der Waals surface area (Å²) in [5.41, 5.74) is 0. The Hall–Kier alpha value is 0.400. The van der Waals surface area contributed by atoms with Crippen LogP contribution in [-0.2, 0) is 40.4 Å². The molecule has 2 aliphatic rings. The molecule has 0 spiro atoms. The van der Waals surface area contributed by atoms with Crippen molar-refractivity contribution in [2.45, 2.75) is 0 Å².